The molecule has 2 aromatic carbocycles. The molecule has 1 aliphatic rings. The molecule has 1 heterocycles. The van der Waals surface area contributed by atoms with E-state index in [1.807, 2.05) is 6.07 Å². The highest BCUT2D eigenvalue weighted by Gasteiger charge is 2.43. The van der Waals surface area contributed by atoms with Crippen LogP contribution in [0.4, 0.5) is 5.82 Å². The summed E-state index contributed by atoms with van der Waals surface area (Å²) < 4.78 is 0. The number of nitrogens with one attached hydrogen (secondary N) is 1. The molecular formula is C21H23N3. The first-order valence-corrected chi connectivity index (χ1v) is 8.74. The van der Waals surface area contributed by atoms with Gasteiger partial charge in [0.1, 0.15) is 11.6 Å². The maximum Gasteiger partial charge on any atom is 0.137 e. The Labute approximate surface area is 143 Å². The smallest absolute Gasteiger partial charge is 0.137 e. The lowest BCUT2D eigenvalue weighted by molar-refractivity contribution is 0.726. The summed E-state index contributed by atoms with van der Waals surface area (Å²) in [5.74, 6) is 2.19. The zero-order valence-corrected chi connectivity index (χ0v) is 14.3. The third-order valence-electron chi connectivity index (χ3n) is 4.97. The molecule has 0 spiro atoms. The minimum Gasteiger partial charge on any atom is -0.369 e. The predicted molar refractivity (Wildman–Crippen MR) is 99.5 cm³/mol. The van der Waals surface area contributed by atoms with Gasteiger partial charge in [0, 0.05) is 23.3 Å². The van der Waals surface area contributed by atoms with E-state index in [4.69, 9.17) is 9.97 Å². The molecule has 24 heavy (non-hydrogen) atoms. The van der Waals surface area contributed by atoms with Crippen LogP contribution in [0.3, 0.4) is 0 Å². The zero-order valence-electron chi connectivity index (χ0n) is 14.3. The van der Waals surface area contributed by atoms with Gasteiger partial charge in [-0.15, -0.1) is 0 Å². The third kappa shape index (κ3) is 2.75. The van der Waals surface area contributed by atoms with Gasteiger partial charge in [-0.2, -0.15) is 0 Å². The molecule has 0 bridgehead atoms. The molecule has 0 amide bonds. The number of benzene rings is 2. The summed E-state index contributed by atoms with van der Waals surface area (Å²) >= 11 is 0. The molecule has 0 radical (unpaired) electrons. The van der Waals surface area contributed by atoms with E-state index in [9.17, 15) is 0 Å². The second-order valence-electron chi connectivity index (χ2n) is 7.10. The summed E-state index contributed by atoms with van der Waals surface area (Å²) in [5.41, 5.74) is 2.72. The monoisotopic (exact) mass is 317 g/mol. The molecule has 1 aromatic heterocycles. The van der Waals surface area contributed by atoms with Crippen molar-refractivity contribution < 1.29 is 0 Å². The second-order valence-corrected chi connectivity index (χ2v) is 7.10. The second kappa shape index (κ2) is 5.90. The maximum atomic E-state index is 4.80. The number of hydrogen-bond acceptors (Lipinski definition) is 3. The molecule has 4 rings (SSSR count). The predicted octanol–water partition coefficient (Wildman–Crippen LogP) is 4.90. The fourth-order valence-electron chi connectivity index (χ4n) is 3.25. The Morgan fingerprint density at radius 2 is 1.67 bits per heavy atom. The van der Waals surface area contributed by atoms with Crippen LogP contribution in [0.25, 0.3) is 10.9 Å². The zero-order chi connectivity index (χ0) is 16.6. The van der Waals surface area contributed by atoms with Crippen LogP contribution >= 0.6 is 0 Å². The summed E-state index contributed by atoms with van der Waals surface area (Å²) in [6, 6.07) is 19.1. The Hall–Kier alpha value is -2.42. The fraction of sp³-hybridized carbons (Fsp3) is 0.333. The average Bonchev–Trinajstić information content (AvgIpc) is 3.41. The average molecular weight is 317 g/mol. The van der Waals surface area contributed by atoms with Crippen LogP contribution in [-0.4, -0.2) is 16.5 Å². The molecule has 3 heteroatoms. The van der Waals surface area contributed by atoms with Gasteiger partial charge < -0.3 is 5.32 Å². The van der Waals surface area contributed by atoms with E-state index in [1.165, 1.54) is 18.4 Å². The quantitative estimate of drug-likeness (QED) is 0.727. The molecule has 3 aromatic rings. The van der Waals surface area contributed by atoms with Crippen LogP contribution in [0, 0.1) is 0 Å². The van der Waals surface area contributed by atoms with Gasteiger partial charge in [-0.25, -0.2) is 9.97 Å². The van der Waals surface area contributed by atoms with Gasteiger partial charge in [0.05, 0.1) is 5.52 Å². The standard InChI is InChI=1S/C21H23N3/c1-15(2)19-23-18-11-7-6-10-17(18)20(24-19)22-14-21(12-13-21)16-8-4-3-5-9-16/h3-11,15H,12-14H2,1-2H3,(H,22,23,24). The van der Waals surface area contributed by atoms with Crippen molar-refractivity contribution in [3.05, 3.63) is 66.0 Å². The molecular weight excluding hydrogens is 294 g/mol. The number of fused-ring (bicyclic) bond motifs is 1. The Balaban J connectivity index is 1.65. The van der Waals surface area contributed by atoms with Gasteiger partial charge in [0.15, 0.2) is 0 Å². The SMILES string of the molecule is CC(C)c1nc(NCC2(c3ccccc3)CC2)c2ccccc2n1. The number of rotatable bonds is 5. The molecule has 1 fully saturated rings. The van der Waals surface area contributed by atoms with E-state index in [1.54, 1.807) is 0 Å². The molecule has 0 saturated heterocycles. The Morgan fingerprint density at radius 3 is 2.38 bits per heavy atom. The normalized spacial score (nSPS) is 15.6. The summed E-state index contributed by atoms with van der Waals surface area (Å²) in [4.78, 5) is 9.51. The van der Waals surface area contributed by atoms with Crippen molar-refractivity contribution in [3.63, 3.8) is 0 Å². The van der Waals surface area contributed by atoms with Crippen LogP contribution in [0.2, 0.25) is 0 Å². The van der Waals surface area contributed by atoms with Gasteiger partial charge in [-0.05, 0) is 30.5 Å². The number of para-hydroxylation sites is 1. The van der Waals surface area contributed by atoms with E-state index >= 15 is 0 Å². The number of aromatic nitrogens is 2. The Morgan fingerprint density at radius 1 is 0.958 bits per heavy atom. The van der Waals surface area contributed by atoms with E-state index in [0.717, 1.165) is 29.1 Å². The topological polar surface area (TPSA) is 37.8 Å². The molecule has 1 saturated carbocycles. The number of hydrogen-bond donors (Lipinski definition) is 1. The van der Waals surface area contributed by atoms with Crippen molar-refractivity contribution in [3.8, 4) is 0 Å². The molecule has 0 atom stereocenters. The minimum absolute atomic E-state index is 0.269. The van der Waals surface area contributed by atoms with Crippen molar-refractivity contribution >= 4 is 16.7 Å². The van der Waals surface area contributed by atoms with Gasteiger partial charge in [0.2, 0.25) is 0 Å². The highest BCUT2D eigenvalue weighted by Crippen LogP contribution is 2.48. The largest absolute Gasteiger partial charge is 0.369 e. The van der Waals surface area contributed by atoms with Crippen LogP contribution in [0.15, 0.2) is 54.6 Å². The summed E-state index contributed by atoms with van der Waals surface area (Å²) in [5, 5.41) is 4.74. The molecule has 0 unspecified atom stereocenters. The number of anilines is 1. The molecule has 1 aliphatic carbocycles. The van der Waals surface area contributed by atoms with E-state index in [0.29, 0.717) is 5.92 Å². The van der Waals surface area contributed by atoms with Crippen molar-refractivity contribution in [2.75, 3.05) is 11.9 Å². The Kier molecular flexibility index (Phi) is 3.72. The first-order chi connectivity index (χ1) is 11.7. The lowest BCUT2D eigenvalue weighted by Gasteiger charge is -2.18. The molecule has 1 N–H and O–H groups in total. The summed E-state index contributed by atoms with van der Waals surface area (Å²) in [6.07, 6.45) is 2.48. The van der Waals surface area contributed by atoms with Gasteiger partial charge in [-0.3, -0.25) is 0 Å². The first-order valence-electron chi connectivity index (χ1n) is 8.74. The van der Waals surface area contributed by atoms with Crippen LogP contribution in [0.1, 0.15) is 44.0 Å². The molecule has 3 nitrogen and oxygen atoms in total. The van der Waals surface area contributed by atoms with Crippen molar-refractivity contribution in [2.45, 2.75) is 38.0 Å². The van der Waals surface area contributed by atoms with E-state index in [-0.39, 0.29) is 5.41 Å². The summed E-state index contributed by atoms with van der Waals surface area (Å²) in [7, 11) is 0. The lowest BCUT2D eigenvalue weighted by atomic mass is 9.96. The highest BCUT2D eigenvalue weighted by molar-refractivity contribution is 5.89. The van der Waals surface area contributed by atoms with Crippen LogP contribution in [-0.2, 0) is 5.41 Å². The van der Waals surface area contributed by atoms with E-state index < -0.39 is 0 Å². The van der Waals surface area contributed by atoms with E-state index in [2.05, 4.69) is 67.7 Å². The maximum absolute atomic E-state index is 4.80. The third-order valence-corrected chi connectivity index (χ3v) is 4.97. The van der Waals surface area contributed by atoms with Gasteiger partial charge >= 0.3 is 0 Å². The van der Waals surface area contributed by atoms with Gasteiger partial charge in [-0.1, -0.05) is 56.3 Å². The van der Waals surface area contributed by atoms with Crippen LogP contribution < -0.4 is 5.32 Å². The van der Waals surface area contributed by atoms with Gasteiger partial charge in [0.25, 0.3) is 0 Å². The number of nitrogens with zero attached hydrogens (tertiary/aromatic N) is 2. The molecule has 0 aliphatic heterocycles. The highest BCUT2D eigenvalue weighted by atomic mass is 15.0. The Bertz CT molecular complexity index is 851. The summed E-state index contributed by atoms with van der Waals surface area (Å²) in [6.45, 7) is 5.20. The van der Waals surface area contributed by atoms with Crippen molar-refractivity contribution in [1.82, 2.24) is 9.97 Å². The van der Waals surface area contributed by atoms with Crippen molar-refractivity contribution in [1.29, 1.82) is 0 Å². The van der Waals surface area contributed by atoms with Crippen molar-refractivity contribution in [2.24, 2.45) is 0 Å². The fourth-order valence-corrected chi connectivity index (χ4v) is 3.25. The lowest BCUT2D eigenvalue weighted by Crippen LogP contribution is -2.20. The van der Waals surface area contributed by atoms with Crippen LogP contribution in [0.5, 0.6) is 0 Å². The molecule has 122 valence electrons. The minimum atomic E-state index is 0.269. The first kappa shape index (κ1) is 15.1.